The lowest BCUT2D eigenvalue weighted by atomic mass is 10.1. The van der Waals surface area contributed by atoms with E-state index in [1.807, 2.05) is 23.9 Å². The van der Waals surface area contributed by atoms with E-state index in [4.69, 9.17) is 0 Å². The maximum absolute atomic E-state index is 4.41. The summed E-state index contributed by atoms with van der Waals surface area (Å²) in [5.41, 5.74) is 1.35. The van der Waals surface area contributed by atoms with Crippen LogP contribution in [0.15, 0.2) is 30.0 Å². The van der Waals surface area contributed by atoms with Crippen LogP contribution in [0.25, 0.3) is 0 Å². The fraction of sp³-hybridized carbons (Fsp3) is 0.533. The summed E-state index contributed by atoms with van der Waals surface area (Å²) in [5, 5.41) is 5.75. The van der Waals surface area contributed by atoms with Crippen molar-refractivity contribution in [1.82, 2.24) is 14.9 Å². The summed E-state index contributed by atoms with van der Waals surface area (Å²) in [7, 11) is 0. The molecule has 1 fully saturated rings. The van der Waals surface area contributed by atoms with Gasteiger partial charge in [0, 0.05) is 17.1 Å². The maximum atomic E-state index is 4.41. The average molecular weight is 275 g/mol. The van der Waals surface area contributed by atoms with Gasteiger partial charge in [0.05, 0.1) is 18.1 Å². The molecule has 2 aromatic heterocycles. The Morgan fingerprint density at radius 3 is 3.21 bits per heavy atom. The number of aromatic nitrogens is 2. The number of nitrogens with zero attached hydrogens (tertiary/aromatic N) is 2. The van der Waals surface area contributed by atoms with Crippen molar-refractivity contribution in [2.24, 2.45) is 0 Å². The summed E-state index contributed by atoms with van der Waals surface area (Å²) >= 11 is 1.85. The Bertz CT molecular complexity index is 497. The SMILES string of the molecule is CCCC(c1cccs1)n1cncc1[C@@H]1CCCN1. The molecule has 0 amide bonds. The molecule has 1 saturated heterocycles. The van der Waals surface area contributed by atoms with Crippen molar-refractivity contribution in [3.8, 4) is 0 Å². The summed E-state index contributed by atoms with van der Waals surface area (Å²) in [6, 6.07) is 5.33. The second-order valence-corrected chi connectivity index (χ2v) is 6.17. The van der Waals surface area contributed by atoms with Crippen molar-refractivity contribution < 1.29 is 0 Å². The van der Waals surface area contributed by atoms with Gasteiger partial charge in [-0.15, -0.1) is 11.3 Å². The van der Waals surface area contributed by atoms with Gasteiger partial charge >= 0.3 is 0 Å². The van der Waals surface area contributed by atoms with Gasteiger partial charge in [0.25, 0.3) is 0 Å². The zero-order chi connectivity index (χ0) is 13.1. The van der Waals surface area contributed by atoms with Crippen LogP contribution in [0.2, 0.25) is 0 Å². The second kappa shape index (κ2) is 5.88. The number of hydrogen-bond donors (Lipinski definition) is 1. The molecule has 0 saturated carbocycles. The van der Waals surface area contributed by atoms with Crippen LogP contribution in [0.5, 0.6) is 0 Å². The van der Waals surface area contributed by atoms with Gasteiger partial charge in [0.15, 0.2) is 0 Å². The zero-order valence-corrected chi connectivity index (χ0v) is 12.2. The lowest BCUT2D eigenvalue weighted by molar-refractivity contribution is 0.490. The molecule has 0 aromatic carbocycles. The van der Waals surface area contributed by atoms with Gasteiger partial charge in [-0.1, -0.05) is 19.4 Å². The van der Waals surface area contributed by atoms with E-state index in [9.17, 15) is 0 Å². The van der Waals surface area contributed by atoms with Gasteiger partial charge in [0.1, 0.15) is 0 Å². The first-order valence-corrected chi connectivity index (χ1v) is 8.06. The highest BCUT2D eigenvalue weighted by molar-refractivity contribution is 7.10. The predicted molar refractivity (Wildman–Crippen MR) is 79.6 cm³/mol. The molecule has 0 aliphatic carbocycles. The Kier molecular flexibility index (Phi) is 3.99. The topological polar surface area (TPSA) is 29.9 Å². The van der Waals surface area contributed by atoms with Crippen LogP contribution in [0.4, 0.5) is 0 Å². The molecular formula is C15H21N3S. The molecule has 1 N–H and O–H groups in total. The molecule has 0 bridgehead atoms. The van der Waals surface area contributed by atoms with E-state index in [1.165, 1.54) is 36.3 Å². The van der Waals surface area contributed by atoms with Crippen molar-refractivity contribution in [3.63, 3.8) is 0 Å². The average Bonchev–Trinajstić information content (AvgIpc) is 3.14. The van der Waals surface area contributed by atoms with E-state index in [0.717, 1.165) is 6.54 Å². The van der Waals surface area contributed by atoms with Gasteiger partial charge in [-0.2, -0.15) is 0 Å². The highest BCUT2D eigenvalue weighted by Gasteiger charge is 2.23. The van der Waals surface area contributed by atoms with E-state index in [0.29, 0.717) is 12.1 Å². The molecule has 2 aromatic rings. The molecule has 3 nitrogen and oxygen atoms in total. The van der Waals surface area contributed by atoms with Crippen LogP contribution >= 0.6 is 11.3 Å². The van der Waals surface area contributed by atoms with Gasteiger partial charge in [-0.3, -0.25) is 0 Å². The molecule has 3 heterocycles. The largest absolute Gasteiger partial charge is 0.325 e. The number of nitrogens with one attached hydrogen (secondary N) is 1. The van der Waals surface area contributed by atoms with Crippen LogP contribution in [0, 0.1) is 0 Å². The van der Waals surface area contributed by atoms with Crippen LogP contribution < -0.4 is 5.32 Å². The van der Waals surface area contributed by atoms with E-state index in [1.54, 1.807) is 0 Å². The first-order valence-electron chi connectivity index (χ1n) is 7.18. The third kappa shape index (κ3) is 2.60. The first-order chi connectivity index (χ1) is 9.40. The Labute approximate surface area is 118 Å². The highest BCUT2D eigenvalue weighted by atomic mass is 32.1. The molecule has 102 valence electrons. The van der Waals surface area contributed by atoms with E-state index < -0.39 is 0 Å². The molecule has 4 heteroatoms. The summed E-state index contributed by atoms with van der Waals surface area (Å²) < 4.78 is 2.39. The van der Waals surface area contributed by atoms with Crippen LogP contribution in [-0.4, -0.2) is 16.1 Å². The maximum Gasteiger partial charge on any atom is 0.0954 e. The quantitative estimate of drug-likeness (QED) is 0.900. The van der Waals surface area contributed by atoms with Crippen LogP contribution in [0.3, 0.4) is 0 Å². The molecular weight excluding hydrogens is 254 g/mol. The summed E-state index contributed by atoms with van der Waals surface area (Å²) in [6.07, 6.45) is 8.92. The van der Waals surface area contributed by atoms with E-state index in [2.05, 4.69) is 39.3 Å². The predicted octanol–water partition coefficient (Wildman–Crippen LogP) is 3.76. The Balaban J connectivity index is 1.92. The third-order valence-corrected chi connectivity index (χ3v) is 4.86. The summed E-state index contributed by atoms with van der Waals surface area (Å²) in [5.74, 6) is 0. The van der Waals surface area contributed by atoms with Crippen molar-refractivity contribution in [2.75, 3.05) is 6.54 Å². The first kappa shape index (κ1) is 12.9. The highest BCUT2D eigenvalue weighted by Crippen LogP contribution is 2.32. The minimum atomic E-state index is 0.449. The smallest absolute Gasteiger partial charge is 0.0954 e. The molecule has 2 atom stereocenters. The Hall–Kier alpha value is -1.13. The minimum Gasteiger partial charge on any atom is -0.325 e. The van der Waals surface area contributed by atoms with Crippen LogP contribution in [0.1, 0.15) is 55.3 Å². The molecule has 1 unspecified atom stereocenters. The standard InChI is InChI=1S/C15H21N3S/c1-2-5-13(15-7-4-9-19-15)18-11-16-10-14(18)12-6-3-8-17-12/h4,7,9-13,17H,2-3,5-6,8H2,1H3/t12-,13?/m0/s1. The van der Waals surface area contributed by atoms with Crippen molar-refractivity contribution in [1.29, 1.82) is 0 Å². The second-order valence-electron chi connectivity index (χ2n) is 5.19. The number of hydrogen-bond acceptors (Lipinski definition) is 3. The molecule has 0 spiro atoms. The molecule has 19 heavy (non-hydrogen) atoms. The number of imidazole rings is 1. The molecule has 1 aliphatic rings. The van der Waals surface area contributed by atoms with E-state index >= 15 is 0 Å². The normalized spacial score (nSPS) is 20.8. The zero-order valence-electron chi connectivity index (χ0n) is 11.4. The summed E-state index contributed by atoms with van der Waals surface area (Å²) in [4.78, 5) is 5.85. The van der Waals surface area contributed by atoms with E-state index in [-0.39, 0.29) is 0 Å². The molecule has 3 rings (SSSR count). The number of thiophene rings is 1. The van der Waals surface area contributed by atoms with Gasteiger partial charge in [0.2, 0.25) is 0 Å². The van der Waals surface area contributed by atoms with Crippen molar-refractivity contribution >= 4 is 11.3 Å². The van der Waals surface area contributed by atoms with Gasteiger partial charge in [-0.05, 0) is 37.3 Å². The summed E-state index contributed by atoms with van der Waals surface area (Å²) in [6.45, 7) is 3.39. The van der Waals surface area contributed by atoms with Crippen molar-refractivity contribution in [2.45, 2.75) is 44.7 Å². The van der Waals surface area contributed by atoms with Gasteiger partial charge < -0.3 is 9.88 Å². The van der Waals surface area contributed by atoms with Gasteiger partial charge in [-0.25, -0.2) is 4.98 Å². The third-order valence-electron chi connectivity index (χ3n) is 3.88. The van der Waals surface area contributed by atoms with Crippen molar-refractivity contribution in [3.05, 3.63) is 40.6 Å². The lowest BCUT2D eigenvalue weighted by Gasteiger charge is -2.22. The van der Waals surface area contributed by atoms with Crippen LogP contribution in [-0.2, 0) is 0 Å². The fourth-order valence-electron chi connectivity index (χ4n) is 2.95. The monoisotopic (exact) mass is 275 g/mol. The number of rotatable bonds is 5. The Morgan fingerprint density at radius 2 is 2.53 bits per heavy atom. The Morgan fingerprint density at radius 1 is 1.58 bits per heavy atom. The molecule has 1 aliphatic heterocycles. The lowest BCUT2D eigenvalue weighted by Crippen LogP contribution is -2.19. The fourth-order valence-corrected chi connectivity index (χ4v) is 3.81. The molecule has 0 radical (unpaired) electrons. The minimum absolute atomic E-state index is 0.449.